The predicted octanol–water partition coefficient (Wildman–Crippen LogP) is 10.4. The molecule has 224 valence electrons. The summed E-state index contributed by atoms with van der Waals surface area (Å²) in [6.45, 7) is 4.62. The summed E-state index contributed by atoms with van der Waals surface area (Å²) < 4.78 is 14.9. The van der Waals surface area contributed by atoms with E-state index in [-0.39, 0.29) is 5.92 Å². The van der Waals surface area contributed by atoms with E-state index in [1.54, 1.807) is 0 Å². The summed E-state index contributed by atoms with van der Waals surface area (Å²) in [6, 6.07) is 60.5. The second kappa shape index (κ2) is 12.0. The Hall–Kier alpha value is -5.49. The molecule has 0 N–H and O–H groups in total. The predicted molar refractivity (Wildman–Crippen MR) is 201 cm³/mol. The maximum atomic E-state index is 14.9. The SMILES string of the molecule is C=C1c2ccc3ccccc3c2C(c2cccc(-c3ccc(P(=O)(c4ccccc4)c4ccccc4)cc3)c2)=CC1c1ccccc1. The van der Waals surface area contributed by atoms with Gasteiger partial charge < -0.3 is 4.57 Å². The van der Waals surface area contributed by atoms with Crippen molar-refractivity contribution in [2.24, 2.45) is 0 Å². The molecule has 1 nitrogen and oxygen atoms in total. The summed E-state index contributed by atoms with van der Waals surface area (Å²) in [5, 5.41) is 4.96. The zero-order valence-corrected chi connectivity index (χ0v) is 26.9. The first kappa shape index (κ1) is 28.9. The Labute approximate surface area is 276 Å². The minimum Gasteiger partial charge on any atom is -0.309 e. The van der Waals surface area contributed by atoms with Crippen LogP contribution in [0.15, 0.2) is 189 Å². The third kappa shape index (κ3) is 5.10. The molecule has 7 aromatic rings. The first-order valence-corrected chi connectivity index (χ1v) is 17.7. The quantitative estimate of drug-likeness (QED) is 0.169. The van der Waals surface area contributed by atoms with E-state index >= 15 is 0 Å². The van der Waals surface area contributed by atoms with Crippen molar-refractivity contribution in [2.75, 3.05) is 0 Å². The van der Waals surface area contributed by atoms with Crippen LogP contribution in [0.5, 0.6) is 0 Å². The number of rotatable bonds is 6. The smallest absolute Gasteiger partial charge is 0.171 e. The fourth-order valence-corrected chi connectivity index (χ4v) is 9.65. The average Bonchev–Trinajstić information content (AvgIpc) is 3.16. The molecule has 0 radical (unpaired) electrons. The summed E-state index contributed by atoms with van der Waals surface area (Å²) in [5.41, 5.74) is 9.37. The summed E-state index contributed by atoms with van der Waals surface area (Å²) >= 11 is 0. The van der Waals surface area contributed by atoms with Gasteiger partial charge in [-0.2, -0.15) is 0 Å². The highest BCUT2D eigenvalue weighted by molar-refractivity contribution is 7.85. The number of hydrogen-bond acceptors (Lipinski definition) is 1. The molecule has 0 spiro atoms. The summed E-state index contributed by atoms with van der Waals surface area (Å²) in [7, 11) is -3.04. The highest BCUT2D eigenvalue weighted by atomic mass is 31.2. The largest absolute Gasteiger partial charge is 0.309 e. The van der Waals surface area contributed by atoms with Gasteiger partial charge in [0.2, 0.25) is 0 Å². The molecule has 0 aromatic heterocycles. The van der Waals surface area contributed by atoms with Crippen LogP contribution in [0.25, 0.3) is 33.0 Å². The molecule has 47 heavy (non-hydrogen) atoms. The Morgan fingerprint density at radius 3 is 1.74 bits per heavy atom. The molecule has 0 amide bonds. The lowest BCUT2D eigenvalue weighted by Crippen LogP contribution is -2.24. The molecule has 1 unspecified atom stereocenters. The fourth-order valence-electron chi connectivity index (χ4n) is 7.00. The second-order valence-electron chi connectivity index (χ2n) is 12.1. The van der Waals surface area contributed by atoms with Crippen molar-refractivity contribution in [2.45, 2.75) is 5.92 Å². The molecule has 1 aliphatic carbocycles. The number of hydrogen-bond donors (Lipinski definition) is 0. The van der Waals surface area contributed by atoms with Crippen molar-refractivity contribution in [3.8, 4) is 11.1 Å². The molecular formula is C45H33OP. The number of fused-ring (bicyclic) bond motifs is 3. The molecule has 2 heteroatoms. The molecule has 1 atom stereocenters. The minimum atomic E-state index is -3.04. The molecule has 0 aliphatic heterocycles. The van der Waals surface area contributed by atoms with Gasteiger partial charge in [-0.25, -0.2) is 0 Å². The molecule has 0 bridgehead atoms. The van der Waals surface area contributed by atoms with Crippen LogP contribution in [0.4, 0.5) is 0 Å². The zero-order chi connectivity index (χ0) is 31.8. The maximum Gasteiger partial charge on any atom is 0.171 e. The number of benzene rings is 7. The summed E-state index contributed by atoms with van der Waals surface area (Å²) in [6.07, 6.45) is 2.39. The topological polar surface area (TPSA) is 17.1 Å². The maximum absolute atomic E-state index is 14.9. The zero-order valence-electron chi connectivity index (χ0n) is 26.0. The molecule has 0 saturated heterocycles. The Balaban J connectivity index is 1.24. The molecule has 7 aromatic carbocycles. The first-order chi connectivity index (χ1) is 23.1. The highest BCUT2D eigenvalue weighted by Gasteiger charge is 2.30. The Morgan fingerprint density at radius 1 is 0.489 bits per heavy atom. The Kier molecular flexibility index (Phi) is 7.41. The molecule has 8 rings (SSSR count). The highest BCUT2D eigenvalue weighted by Crippen LogP contribution is 2.47. The van der Waals surface area contributed by atoms with Crippen LogP contribution in [0.2, 0.25) is 0 Å². The van der Waals surface area contributed by atoms with Crippen LogP contribution < -0.4 is 15.9 Å². The van der Waals surface area contributed by atoms with E-state index < -0.39 is 7.14 Å². The van der Waals surface area contributed by atoms with Gasteiger partial charge in [0.25, 0.3) is 0 Å². The van der Waals surface area contributed by atoms with Gasteiger partial charge in [0.1, 0.15) is 0 Å². The molecule has 1 aliphatic rings. The van der Waals surface area contributed by atoms with Crippen molar-refractivity contribution in [3.05, 3.63) is 211 Å². The summed E-state index contributed by atoms with van der Waals surface area (Å²) in [5.74, 6) is 0.0768. The Morgan fingerprint density at radius 2 is 1.06 bits per heavy atom. The van der Waals surface area contributed by atoms with E-state index in [1.165, 1.54) is 33.0 Å². The minimum absolute atomic E-state index is 0.0768. The van der Waals surface area contributed by atoms with Crippen LogP contribution in [0.3, 0.4) is 0 Å². The lowest BCUT2D eigenvalue weighted by Gasteiger charge is -2.29. The van der Waals surface area contributed by atoms with Crippen molar-refractivity contribution < 1.29 is 4.57 Å². The van der Waals surface area contributed by atoms with Crippen LogP contribution in [-0.2, 0) is 4.57 Å². The second-order valence-corrected chi connectivity index (χ2v) is 14.9. The van der Waals surface area contributed by atoms with Crippen LogP contribution in [0.1, 0.15) is 28.2 Å². The molecule has 0 saturated carbocycles. The van der Waals surface area contributed by atoms with Crippen LogP contribution in [-0.4, -0.2) is 0 Å². The van der Waals surface area contributed by atoms with Crippen molar-refractivity contribution >= 4 is 45.0 Å². The summed E-state index contributed by atoms with van der Waals surface area (Å²) in [4.78, 5) is 0. The lowest BCUT2D eigenvalue weighted by molar-refractivity contribution is 0.592. The van der Waals surface area contributed by atoms with E-state index in [4.69, 9.17) is 0 Å². The van der Waals surface area contributed by atoms with E-state index in [0.29, 0.717) is 0 Å². The monoisotopic (exact) mass is 620 g/mol. The van der Waals surface area contributed by atoms with E-state index in [2.05, 4.69) is 116 Å². The van der Waals surface area contributed by atoms with Gasteiger partial charge in [0, 0.05) is 21.8 Å². The lowest BCUT2D eigenvalue weighted by atomic mass is 9.75. The third-order valence-electron chi connectivity index (χ3n) is 9.39. The fraction of sp³-hybridized carbons (Fsp3) is 0.0222. The van der Waals surface area contributed by atoms with Gasteiger partial charge in [-0.3, -0.25) is 0 Å². The van der Waals surface area contributed by atoms with Gasteiger partial charge in [-0.15, -0.1) is 0 Å². The van der Waals surface area contributed by atoms with Gasteiger partial charge >= 0.3 is 0 Å². The van der Waals surface area contributed by atoms with Gasteiger partial charge in [-0.1, -0.05) is 183 Å². The third-order valence-corrected chi connectivity index (χ3v) is 12.5. The van der Waals surface area contributed by atoms with Gasteiger partial charge in [-0.05, 0) is 61.4 Å². The van der Waals surface area contributed by atoms with Gasteiger partial charge in [0.15, 0.2) is 7.14 Å². The van der Waals surface area contributed by atoms with Crippen molar-refractivity contribution in [1.82, 2.24) is 0 Å². The van der Waals surface area contributed by atoms with Gasteiger partial charge in [0.05, 0.1) is 0 Å². The molecule has 0 fully saturated rings. The van der Waals surface area contributed by atoms with E-state index in [0.717, 1.165) is 38.2 Å². The number of allylic oxidation sites excluding steroid dienone is 2. The Bertz CT molecular complexity index is 2280. The standard InChI is InChI=1S/C45H33OP/c1-32-41-29-26-35-16-11-12-23-42(35)45(41)44(31-43(32)34-14-5-2-6-15-34)37-18-13-17-36(30-37)33-24-27-40(28-25-33)47(46,38-19-7-3-8-20-38)39-21-9-4-10-22-39/h2-31,43H,1H2. The van der Waals surface area contributed by atoms with E-state index in [1.807, 2.05) is 72.8 Å². The van der Waals surface area contributed by atoms with E-state index in [9.17, 15) is 4.57 Å². The average molecular weight is 621 g/mol. The first-order valence-electron chi connectivity index (χ1n) is 16.0. The molecular weight excluding hydrogens is 587 g/mol. The van der Waals surface area contributed by atoms with Crippen molar-refractivity contribution in [1.29, 1.82) is 0 Å². The van der Waals surface area contributed by atoms with Crippen molar-refractivity contribution in [3.63, 3.8) is 0 Å². The normalized spacial score (nSPS) is 14.4. The molecule has 0 heterocycles. The van der Waals surface area contributed by atoms with Crippen LogP contribution in [0, 0.1) is 0 Å². The van der Waals surface area contributed by atoms with Crippen LogP contribution >= 0.6 is 7.14 Å².